The molecule has 1 amide bonds. The molecule has 19 heavy (non-hydrogen) atoms. The van der Waals surface area contributed by atoms with Gasteiger partial charge in [0.15, 0.2) is 0 Å². The summed E-state index contributed by atoms with van der Waals surface area (Å²) in [4.78, 5) is 16.8. The standard InChI is InChI=1S/C14H14N2O2S/c1-18-13-7-2-10(8-15-13)9-16-14(17)11-3-5-12(19)6-4-11/h2-8,19H,9H2,1H3,(H,16,17). The van der Waals surface area contributed by atoms with Gasteiger partial charge in [0.25, 0.3) is 5.91 Å². The van der Waals surface area contributed by atoms with Crippen LogP contribution in [0.1, 0.15) is 15.9 Å². The average molecular weight is 274 g/mol. The molecule has 0 aliphatic carbocycles. The first-order valence-electron chi connectivity index (χ1n) is 5.75. The van der Waals surface area contributed by atoms with Gasteiger partial charge in [-0.15, -0.1) is 12.6 Å². The van der Waals surface area contributed by atoms with Gasteiger partial charge in [0.2, 0.25) is 5.88 Å². The lowest BCUT2D eigenvalue weighted by Crippen LogP contribution is -2.22. The molecule has 0 radical (unpaired) electrons. The molecule has 1 aromatic heterocycles. The molecule has 0 aliphatic heterocycles. The van der Waals surface area contributed by atoms with Crippen molar-refractivity contribution in [2.24, 2.45) is 0 Å². The van der Waals surface area contributed by atoms with Crippen molar-refractivity contribution in [3.63, 3.8) is 0 Å². The number of carbonyl (C=O) groups excluding carboxylic acids is 1. The number of nitrogens with one attached hydrogen (secondary N) is 1. The van der Waals surface area contributed by atoms with E-state index in [2.05, 4.69) is 22.9 Å². The van der Waals surface area contributed by atoms with E-state index in [9.17, 15) is 4.79 Å². The number of amides is 1. The van der Waals surface area contributed by atoms with Gasteiger partial charge < -0.3 is 10.1 Å². The number of hydrogen-bond acceptors (Lipinski definition) is 4. The third kappa shape index (κ3) is 3.72. The zero-order chi connectivity index (χ0) is 13.7. The fourth-order valence-corrected chi connectivity index (χ4v) is 1.68. The quantitative estimate of drug-likeness (QED) is 0.841. The summed E-state index contributed by atoms with van der Waals surface area (Å²) in [6.45, 7) is 0.429. The SMILES string of the molecule is COc1ccc(CNC(=O)c2ccc(S)cc2)cn1. The minimum absolute atomic E-state index is 0.121. The Morgan fingerprint density at radius 2 is 2.00 bits per heavy atom. The highest BCUT2D eigenvalue weighted by atomic mass is 32.1. The van der Waals surface area contributed by atoms with Gasteiger partial charge in [-0.05, 0) is 29.8 Å². The molecule has 1 heterocycles. The van der Waals surface area contributed by atoms with E-state index in [4.69, 9.17) is 4.74 Å². The van der Waals surface area contributed by atoms with Crippen molar-refractivity contribution in [2.45, 2.75) is 11.4 Å². The van der Waals surface area contributed by atoms with Crippen LogP contribution in [-0.2, 0) is 6.54 Å². The smallest absolute Gasteiger partial charge is 0.251 e. The molecule has 98 valence electrons. The molecule has 0 bridgehead atoms. The predicted molar refractivity (Wildman–Crippen MR) is 75.7 cm³/mol. The zero-order valence-electron chi connectivity index (χ0n) is 10.5. The summed E-state index contributed by atoms with van der Waals surface area (Å²) in [7, 11) is 1.56. The maximum absolute atomic E-state index is 11.9. The minimum atomic E-state index is -0.121. The Labute approximate surface area is 117 Å². The maximum Gasteiger partial charge on any atom is 0.251 e. The van der Waals surface area contributed by atoms with E-state index in [1.54, 1.807) is 43.6 Å². The maximum atomic E-state index is 11.9. The Morgan fingerprint density at radius 3 is 2.58 bits per heavy atom. The summed E-state index contributed by atoms with van der Waals surface area (Å²) in [6.07, 6.45) is 1.68. The molecular weight excluding hydrogens is 260 g/mol. The summed E-state index contributed by atoms with van der Waals surface area (Å²) in [5.74, 6) is 0.434. The van der Waals surface area contributed by atoms with Gasteiger partial charge >= 0.3 is 0 Å². The zero-order valence-corrected chi connectivity index (χ0v) is 11.4. The fraction of sp³-hybridized carbons (Fsp3) is 0.143. The van der Waals surface area contributed by atoms with Gasteiger partial charge in [0.05, 0.1) is 7.11 Å². The van der Waals surface area contributed by atoms with Crippen molar-refractivity contribution in [3.8, 4) is 5.88 Å². The number of thiol groups is 1. The van der Waals surface area contributed by atoms with Crippen LogP contribution in [0.25, 0.3) is 0 Å². The molecule has 5 heteroatoms. The average Bonchev–Trinajstić information content (AvgIpc) is 2.46. The molecular formula is C14H14N2O2S. The molecule has 2 aromatic rings. The van der Waals surface area contributed by atoms with E-state index in [0.29, 0.717) is 18.0 Å². The first-order valence-corrected chi connectivity index (χ1v) is 6.20. The van der Waals surface area contributed by atoms with Gasteiger partial charge in [-0.1, -0.05) is 6.07 Å². The fourth-order valence-electron chi connectivity index (χ4n) is 1.53. The highest BCUT2D eigenvalue weighted by molar-refractivity contribution is 7.80. The first kappa shape index (κ1) is 13.4. The first-order chi connectivity index (χ1) is 9.19. The molecule has 1 aromatic carbocycles. The Hall–Kier alpha value is -2.01. The molecule has 0 fully saturated rings. The normalized spacial score (nSPS) is 10.0. The molecule has 0 aliphatic rings. The van der Waals surface area contributed by atoms with Gasteiger partial charge in [0, 0.05) is 29.3 Å². The number of rotatable bonds is 4. The summed E-state index contributed by atoms with van der Waals surface area (Å²) in [5.41, 5.74) is 1.53. The summed E-state index contributed by atoms with van der Waals surface area (Å²) < 4.78 is 4.97. The third-order valence-electron chi connectivity index (χ3n) is 2.59. The van der Waals surface area contributed by atoms with Gasteiger partial charge in [-0.25, -0.2) is 4.98 Å². The topological polar surface area (TPSA) is 51.2 Å². The monoisotopic (exact) mass is 274 g/mol. The molecule has 2 rings (SSSR count). The second kappa shape index (κ2) is 6.24. The van der Waals surface area contributed by atoms with Crippen molar-refractivity contribution >= 4 is 18.5 Å². The molecule has 0 atom stereocenters. The highest BCUT2D eigenvalue weighted by Crippen LogP contribution is 2.09. The van der Waals surface area contributed by atoms with Crippen LogP contribution in [0.2, 0.25) is 0 Å². The second-order valence-electron chi connectivity index (χ2n) is 3.94. The van der Waals surface area contributed by atoms with Gasteiger partial charge in [0.1, 0.15) is 0 Å². The van der Waals surface area contributed by atoms with E-state index < -0.39 is 0 Å². The molecule has 0 saturated heterocycles. The van der Waals surface area contributed by atoms with E-state index in [1.807, 2.05) is 6.07 Å². The van der Waals surface area contributed by atoms with Crippen LogP contribution in [0, 0.1) is 0 Å². The van der Waals surface area contributed by atoms with Crippen LogP contribution in [0.5, 0.6) is 5.88 Å². The van der Waals surface area contributed by atoms with Crippen LogP contribution >= 0.6 is 12.6 Å². The van der Waals surface area contributed by atoms with Crippen molar-refractivity contribution < 1.29 is 9.53 Å². The largest absolute Gasteiger partial charge is 0.481 e. The second-order valence-corrected chi connectivity index (χ2v) is 4.45. The Kier molecular flexibility index (Phi) is 4.41. The van der Waals surface area contributed by atoms with Crippen LogP contribution in [-0.4, -0.2) is 18.0 Å². The minimum Gasteiger partial charge on any atom is -0.481 e. The van der Waals surface area contributed by atoms with Crippen LogP contribution < -0.4 is 10.1 Å². The highest BCUT2D eigenvalue weighted by Gasteiger charge is 2.04. The van der Waals surface area contributed by atoms with Crippen LogP contribution in [0.15, 0.2) is 47.5 Å². The van der Waals surface area contributed by atoms with Gasteiger partial charge in [-0.3, -0.25) is 4.79 Å². The number of aromatic nitrogens is 1. The van der Waals surface area contributed by atoms with E-state index in [0.717, 1.165) is 10.5 Å². The lowest BCUT2D eigenvalue weighted by Gasteiger charge is -2.06. The number of methoxy groups -OCH3 is 1. The van der Waals surface area contributed by atoms with Gasteiger partial charge in [-0.2, -0.15) is 0 Å². The van der Waals surface area contributed by atoms with Crippen LogP contribution in [0.4, 0.5) is 0 Å². The molecule has 1 N–H and O–H groups in total. The molecule has 0 saturated carbocycles. The summed E-state index contributed by atoms with van der Waals surface area (Å²) >= 11 is 4.18. The van der Waals surface area contributed by atoms with Crippen molar-refractivity contribution in [2.75, 3.05) is 7.11 Å². The lowest BCUT2D eigenvalue weighted by atomic mass is 10.2. The predicted octanol–water partition coefficient (Wildman–Crippen LogP) is 2.31. The van der Waals surface area contributed by atoms with E-state index in [-0.39, 0.29) is 5.91 Å². The number of hydrogen-bond donors (Lipinski definition) is 2. The number of nitrogens with zero attached hydrogens (tertiary/aromatic N) is 1. The Balaban J connectivity index is 1.94. The van der Waals surface area contributed by atoms with E-state index in [1.165, 1.54) is 0 Å². The lowest BCUT2D eigenvalue weighted by molar-refractivity contribution is 0.0951. The number of carbonyl (C=O) groups is 1. The Bertz CT molecular complexity index is 553. The summed E-state index contributed by atoms with van der Waals surface area (Å²) in [5, 5.41) is 2.83. The molecule has 4 nitrogen and oxygen atoms in total. The number of ether oxygens (including phenoxy) is 1. The number of benzene rings is 1. The summed E-state index contributed by atoms with van der Waals surface area (Å²) in [6, 6.07) is 10.7. The van der Waals surface area contributed by atoms with E-state index >= 15 is 0 Å². The Morgan fingerprint density at radius 1 is 1.26 bits per heavy atom. The number of pyridine rings is 1. The third-order valence-corrected chi connectivity index (χ3v) is 2.89. The van der Waals surface area contributed by atoms with Crippen molar-refractivity contribution in [1.82, 2.24) is 10.3 Å². The molecule has 0 spiro atoms. The molecule has 0 unspecified atom stereocenters. The van der Waals surface area contributed by atoms with Crippen LogP contribution in [0.3, 0.4) is 0 Å². The van der Waals surface area contributed by atoms with Crippen molar-refractivity contribution in [3.05, 3.63) is 53.7 Å². The van der Waals surface area contributed by atoms with Crippen molar-refractivity contribution in [1.29, 1.82) is 0 Å².